The van der Waals surface area contributed by atoms with E-state index in [2.05, 4.69) is 10.6 Å². The third kappa shape index (κ3) is 5.63. The molecule has 4 rings (SSSR count). The Labute approximate surface area is 181 Å². The minimum Gasteiger partial charge on any atom is -0.494 e. The molecule has 1 aliphatic rings. The third-order valence-corrected chi connectivity index (χ3v) is 4.85. The minimum absolute atomic E-state index is 0.0461. The van der Waals surface area contributed by atoms with E-state index in [9.17, 15) is 9.59 Å². The van der Waals surface area contributed by atoms with Gasteiger partial charge in [0.15, 0.2) is 0 Å². The zero-order valence-electron chi connectivity index (χ0n) is 17.3. The first-order valence-electron chi connectivity index (χ1n) is 10.3. The first-order chi connectivity index (χ1) is 15.1. The van der Waals surface area contributed by atoms with Crippen LogP contribution in [-0.4, -0.2) is 18.4 Å². The van der Waals surface area contributed by atoms with Crippen molar-refractivity contribution in [2.24, 2.45) is 5.92 Å². The Bertz CT molecular complexity index is 1040. The van der Waals surface area contributed by atoms with Crippen LogP contribution in [0.5, 0.6) is 17.2 Å². The molecule has 1 fully saturated rings. The van der Waals surface area contributed by atoms with E-state index in [1.54, 1.807) is 48.5 Å². The first-order valence-corrected chi connectivity index (χ1v) is 10.3. The summed E-state index contributed by atoms with van der Waals surface area (Å²) in [5.41, 5.74) is 1.87. The molecule has 1 saturated carbocycles. The van der Waals surface area contributed by atoms with E-state index in [-0.39, 0.29) is 17.7 Å². The second kappa shape index (κ2) is 9.34. The lowest BCUT2D eigenvalue weighted by molar-refractivity contribution is -0.117. The Morgan fingerprint density at radius 3 is 1.87 bits per heavy atom. The maximum Gasteiger partial charge on any atom is 0.255 e. The zero-order chi connectivity index (χ0) is 21.6. The summed E-state index contributed by atoms with van der Waals surface area (Å²) in [5.74, 6) is 2.13. The Balaban J connectivity index is 1.31. The summed E-state index contributed by atoms with van der Waals surface area (Å²) in [6.07, 6.45) is 1.91. The lowest BCUT2D eigenvalue weighted by atomic mass is 10.2. The molecule has 31 heavy (non-hydrogen) atoms. The van der Waals surface area contributed by atoms with Gasteiger partial charge in [-0.1, -0.05) is 0 Å². The number of amides is 2. The average Bonchev–Trinajstić information content (AvgIpc) is 3.63. The predicted molar refractivity (Wildman–Crippen MR) is 120 cm³/mol. The fourth-order valence-electron chi connectivity index (χ4n) is 3.01. The van der Waals surface area contributed by atoms with Gasteiger partial charge < -0.3 is 20.1 Å². The number of hydrogen-bond acceptors (Lipinski definition) is 4. The fourth-order valence-corrected chi connectivity index (χ4v) is 3.01. The molecule has 0 bridgehead atoms. The third-order valence-electron chi connectivity index (χ3n) is 4.85. The van der Waals surface area contributed by atoms with Gasteiger partial charge >= 0.3 is 0 Å². The second-order valence-corrected chi connectivity index (χ2v) is 7.33. The van der Waals surface area contributed by atoms with Crippen LogP contribution in [0.2, 0.25) is 0 Å². The quantitative estimate of drug-likeness (QED) is 0.510. The molecule has 0 saturated heterocycles. The maximum absolute atomic E-state index is 12.5. The summed E-state index contributed by atoms with van der Waals surface area (Å²) < 4.78 is 11.2. The standard InChI is InChI=1S/C25H24N2O4/c1-2-30-21-13-15-23(16-14-21)31-22-11-9-20(10-12-22)27-25(29)18-5-7-19(8-6-18)26-24(28)17-3-4-17/h5-17H,2-4H2,1H3,(H,26,28)(H,27,29). The highest BCUT2D eigenvalue weighted by molar-refractivity contribution is 6.04. The maximum atomic E-state index is 12.5. The normalized spacial score (nSPS) is 12.7. The van der Waals surface area contributed by atoms with Crippen molar-refractivity contribution < 1.29 is 19.1 Å². The molecule has 6 nitrogen and oxygen atoms in total. The summed E-state index contributed by atoms with van der Waals surface area (Å²) in [7, 11) is 0. The average molecular weight is 416 g/mol. The number of rotatable bonds is 8. The molecule has 1 aliphatic carbocycles. The van der Waals surface area contributed by atoms with Crippen LogP contribution >= 0.6 is 0 Å². The molecule has 0 atom stereocenters. The molecule has 0 aromatic heterocycles. The van der Waals surface area contributed by atoms with E-state index >= 15 is 0 Å². The van der Waals surface area contributed by atoms with Gasteiger partial charge in [0, 0.05) is 22.9 Å². The van der Waals surface area contributed by atoms with Crippen molar-refractivity contribution in [1.29, 1.82) is 0 Å². The Morgan fingerprint density at radius 1 is 0.774 bits per heavy atom. The van der Waals surface area contributed by atoms with E-state index in [0.717, 1.165) is 18.6 Å². The van der Waals surface area contributed by atoms with Gasteiger partial charge in [-0.25, -0.2) is 0 Å². The molecule has 6 heteroatoms. The smallest absolute Gasteiger partial charge is 0.255 e. The highest BCUT2D eigenvalue weighted by atomic mass is 16.5. The van der Waals surface area contributed by atoms with Gasteiger partial charge in [-0.15, -0.1) is 0 Å². The molecular weight excluding hydrogens is 392 g/mol. The fraction of sp³-hybridized carbons (Fsp3) is 0.200. The Hall–Kier alpha value is -3.80. The van der Waals surface area contributed by atoms with Crippen LogP contribution < -0.4 is 20.1 Å². The van der Waals surface area contributed by atoms with Crippen molar-refractivity contribution >= 4 is 23.2 Å². The van der Waals surface area contributed by atoms with Crippen molar-refractivity contribution in [2.45, 2.75) is 19.8 Å². The molecule has 0 spiro atoms. The van der Waals surface area contributed by atoms with Crippen molar-refractivity contribution in [3.8, 4) is 17.2 Å². The first kappa shape index (κ1) is 20.5. The lowest BCUT2D eigenvalue weighted by Gasteiger charge is -2.10. The van der Waals surface area contributed by atoms with Gasteiger partial charge in [0.25, 0.3) is 5.91 Å². The predicted octanol–water partition coefficient (Wildman–Crippen LogP) is 5.48. The molecule has 0 unspecified atom stereocenters. The summed E-state index contributed by atoms with van der Waals surface area (Å²) >= 11 is 0. The molecule has 3 aromatic carbocycles. The van der Waals surface area contributed by atoms with Crippen LogP contribution in [0.4, 0.5) is 11.4 Å². The summed E-state index contributed by atoms with van der Waals surface area (Å²) in [6, 6.07) is 21.4. The van der Waals surface area contributed by atoms with Gasteiger partial charge in [-0.05, 0) is 92.6 Å². The van der Waals surface area contributed by atoms with Gasteiger partial charge in [0.2, 0.25) is 5.91 Å². The van der Waals surface area contributed by atoms with Crippen LogP contribution in [0.15, 0.2) is 72.8 Å². The molecular formula is C25H24N2O4. The van der Waals surface area contributed by atoms with Crippen LogP contribution in [0.25, 0.3) is 0 Å². The number of carbonyl (C=O) groups excluding carboxylic acids is 2. The van der Waals surface area contributed by atoms with Crippen LogP contribution in [0, 0.1) is 5.92 Å². The number of hydrogen-bond donors (Lipinski definition) is 2. The monoisotopic (exact) mass is 416 g/mol. The molecule has 0 radical (unpaired) electrons. The number of carbonyl (C=O) groups is 2. The number of benzene rings is 3. The van der Waals surface area contributed by atoms with E-state index < -0.39 is 0 Å². The molecule has 158 valence electrons. The van der Waals surface area contributed by atoms with Gasteiger partial charge in [0.05, 0.1) is 6.61 Å². The number of anilines is 2. The molecule has 2 amide bonds. The largest absolute Gasteiger partial charge is 0.494 e. The molecule has 0 aliphatic heterocycles. The van der Waals surface area contributed by atoms with E-state index in [1.807, 2.05) is 31.2 Å². The van der Waals surface area contributed by atoms with Gasteiger partial charge in [-0.3, -0.25) is 9.59 Å². The van der Waals surface area contributed by atoms with Crippen molar-refractivity contribution in [1.82, 2.24) is 0 Å². The van der Waals surface area contributed by atoms with Crippen molar-refractivity contribution in [3.63, 3.8) is 0 Å². The SMILES string of the molecule is CCOc1ccc(Oc2ccc(NC(=O)c3ccc(NC(=O)C4CC4)cc3)cc2)cc1. The van der Waals surface area contributed by atoms with Crippen LogP contribution in [0.3, 0.4) is 0 Å². The van der Waals surface area contributed by atoms with Crippen LogP contribution in [-0.2, 0) is 4.79 Å². The molecule has 2 N–H and O–H groups in total. The van der Waals surface area contributed by atoms with Gasteiger partial charge in [-0.2, -0.15) is 0 Å². The topological polar surface area (TPSA) is 76.7 Å². The van der Waals surface area contributed by atoms with Crippen molar-refractivity contribution in [2.75, 3.05) is 17.2 Å². The summed E-state index contributed by atoms with van der Waals surface area (Å²) in [6.45, 7) is 2.56. The second-order valence-electron chi connectivity index (χ2n) is 7.33. The van der Waals surface area contributed by atoms with Crippen molar-refractivity contribution in [3.05, 3.63) is 78.4 Å². The van der Waals surface area contributed by atoms with Crippen LogP contribution in [0.1, 0.15) is 30.1 Å². The van der Waals surface area contributed by atoms with E-state index in [4.69, 9.17) is 9.47 Å². The van der Waals surface area contributed by atoms with E-state index in [0.29, 0.717) is 35.0 Å². The number of ether oxygens (including phenoxy) is 2. The highest BCUT2D eigenvalue weighted by Crippen LogP contribution is 2.30. The molecule has 0 heterocycles. The Kier molecular flexibility index (Phi) is 6.17. The lowest BCUT2D eigenvalue weighted by Crippen LogP contribution is -2.14. The highest BCUT2D eigenvalue weighted by Gasteiger charge is 2.29. The number of nitrogens with one attached hydrogen (secondary N) is 2. The Morgan fingerprint density at radius 2 is 1.29 bits per heavy atom. The zero-order valence-corrected chi connectivity index (χ0v) is 17.3. The van der Waals surface area contributed by atoms with E-state index in [1.165, 1.54) is 0 Å². The summed E-state index contributed by atoms with van der Waals surface area (Å²) in [5, 5.41) is 5.72. The van der Waals surface area contributed by atoms with Gasteiger partial charge in [0.1, 0.15) is 17.2 Å². The molecule has 3 aromatic rings. The summed E-state index contributed by atoms with van der Waals surface area (Å²) in [4.78, 5) is 24.3. The minimum atomic E-state index is -0.222.